The normalized spacial score (nSPS) is 25.2. The van der Waals surface area contributed by atoms with E-state index in [1.807, 2.05) is 0 Å². The minimum Gasteiger partial charge on any atom is -0.334 e. The molecule has 1 aliphatic rings. The van der Waals surface area contributed by atoms with Gasteiger partial charge in [0.05, 0.1) is 0 Å². The van der Waals surface area contributed by atoms with E-state index in [2.05, 4.69) is 23.7 Å². The van der Waals surface area contributed by atoms with Crippen LogP contribution in [0.2, 0.25) is 0 Å². The molecule has 0 N–H and O–H groups in total. The van der Waals surface area contributed by atoms with Crippen LogP contribution in [0.4, 0.5) is 0 Å². The van der Waals surface area contributed by atoms with Crippen molar-refractivity contribution in [1.29, 1.82) is 0 Å². The summed E-state index contributed by atoms with van der Waals surface area (Å²) in [5.74, 6) is 0. The van der Waals surface area contributed by atoms with E-state index in [4.69, 9.17) is 0 Å². The Hall–Kier alpha value is -0.0151. The van der Waals surface area contributed by atoms with Gasteiger partial charge in [0, 0.05) is 0 Å². The first kappa shape index (κ1) is 6.11. The average molecular weight is 112 g/mol. The first-order chi connectivity index (χ1) is 3.79. The van der Waals surface area contributed by atoms with Crippen LogP contribution < -0.4 is 0 Å². The monoisotopic (exact) mass is 112 g/mol. The molecule has 0 aromatic rings. The molecule has 0 saturated carbocycles. The zero-order valence-corrected chi connectivity index (χ0v) is 5.72. The highest BCUT2D eigenvalue weighted by atomic mass is 15.2. The maximum Gasteiger partial charge on any atom is 0.291 e. The van der Waals surface area contributed by atoms with E-state index < -0.39 is 0 Å². The van der Waals surface area contributed by atoms with Crippen LogP contribution in [0, 0.1) is 0 Å². The van der Waals surface area contributed by atoms with Gasteiger partial charge in [-0.1, -0.05) is 0 Å². The van der Waals surface area contributed by atoms with Crippen molar-refractivity contribution in [3.8, 4) is 0 Å². The van der Waals surface area contributed by atoms with E-state index >= 15 is 0 Å². The van der Waals surface area contributed by atoms with Gasteiger partial charge in [-0.3, -0.25) is 0 Å². The van der Waals surface area contributed by atoms with Gasteiger partial charge in [-0.2, -0.15) is 0 Å². The Kier molecular flexibility index (Phi) is 1.92. The third kappa shape index (κ3) is 1.49. The van der Waals surface area contributed by atoms with Crippen LogP contribution in [0.5, 0.6) is 0 Å². The van der Waals surface area contributed by atoms with Gasteiger partial charge in [0.25, 0.3) is 7.55 Å². The Labute approximate surface area is 51.7 Å². The van der Waals surface area contributed by atoms with Crippen LogP contribution in [0.1, 0.15) is 6.42 Å². The van der Waals surface area contributed by atoms with Gasteiger partial charge < -0.3 is 9.62 Å². The van der Waals surface area contributed by atoms with E-state index in [0.717, 1.165) is 7.55 Å². The molecule has 1 saturated heterocycles. The lowest BCUT2D eigenvalue weighted by Crippen LogP contribution is -2.43. The second-order valence-electron chi connectivity index (χ2n) is 2.65. The zero-order valence-electron chi connectivity index (χ0n) is 5.72. The van der Waals surface area contributed by atoms with Crippen LogP contribution in [0.25, 0.3) is 0 Å². The smallest absolute Gasteiger partial charge is 0.291 e. The van der Waals surface area contributed by atoms with Gasteiger partial charge >= 0.3 is 0 Å². The molecular formula is C5H13BN2. The number of nitrogens with zero attached hydrogens (tertiary/aromatic N) is 2. The van der Waals surface area contributed by atoms with Crippen molar-refractivity contribution in [1.82, 2.24) is 9.62 Å². The second kappa shape index (κ2) is 2.51. The Morgan fingerprint density at radius 1 is 1.12 bits per heavy atom. The van der Waals surface area contributed by atoms with E-state index in [-0.39, 0.29) is 0 Å². The molecule has 0 atom stereocenters. The summed E-state index contributed by atoms with van der Waals surface area (Å²) >= 11 is 0. The molecule has 0 spiro atoms. The summed E-state index contributed by atoms with van der Waals surface area (Å²) in [5.41, 5.74) is 0. The summed E-state index contributed by atoms with van der Waals surface area (Å²) in [4.78, 5) is 4.67. The van der Waals surface area contributed by atoms with Gasteiger partial charge in [-0.25, -0.2) is 0 Å². The van der Waals surface area contributed by atoms with Crippen LogP contribution in [0.15, 0.2) is 0 Å². The molecule has 0 aromatic heterocycles. The average Bonchev–Trinajstić information content (AvgIpc) is 1.64. The first-order valence-electron chi connectivity index (χ1n) is 3.16. The molecule has 3 heteroatoms. The van der Waals surface area contributed by atoms with E-state index in [1.165, 1.54) is 19.5 Å². The largest absolute Gasteiger partial charge is 0.334 e. The summed E-state index contributed by atoms with van der Waals surface area (Å²) in [6.45, 7) is 2.54. The Morgan fingerprint density at radius 3 is 1.88 bits per heavy atom. The van der Waals surface area contributed by atoms with Gasteiger partial charge in [-0.05, 0) is 33.6 Å². The highest BCUT2D eigenvalue weighted by molar-refractivity contribution is 6.28. The van der Waals surface area contributed by atoms with Gasteiger partial charge in [0.15, 0.2) is 0 Å². The highest BCUT2D eigenvalue weighted by Crippen LogP contribution is 1.96. The molecule has 0 unspecified atom stereocenters. The maximum atomic E-state index is 2.34. The standard InChI is InChI=1S/C5H13BN2/c1-7-4-3-5-8(2)6-7/h6H,3-5H2,1-2H3. The van der Waals surface area contributed by atoms with Gasteiger partial charge in [0.1, 0.15) is 0 Å². The molecular weight excluding hydrogens is 98.9 g/mol. The maximum absolute atomic E-state index is 2.34. The summed E-state index contributed by atoms with van der Waals surface area (Å²) in [6, 6.07) is 0. The molecule has 0 radical (unpaired) electrons. The Morgan fingerprint density at radius 2 is 1.62 bits per heavy atom. The van der Waals surface area contributed by atoms with Crippen LogP contribution >= 0.6 is 0 Å². The minimum absolute atomic E-state index is 1.14. The molecule has 1 rings (SSSR count). The zero-order chi connectivity index (χ0) is 5.98. The second-order valence-corrected chi connectivity index (χ2v) is 2.65. The van der Waals surface area contributed by atoms with Crippen molar-refractivity contribution in [3.05, 3.63) is 0 Å². The fraction of sp³-hybridized carbons (Fsp3) is 1.00. The van der Waals surface area contributed by atoms with Crippen molar-refractivity contribution in [3.63, 3.8) is 0 Å². The molecule has 0 aromatic carbocycles. The van der Waals surface area contributed by atoms with Crippen LogP contribution in [-0.4, -0.2) is 44.4 Å². The quantitative estimate of drug-likeness (QED) is 0.390. The molecule has 46 valence electrons. The summed E-state index contributed by atoms with van der Waals surface area (Å²) in [7, 11) is 5.46. The van der Waals surface area contributed by atoms with Crippen molar-refractivity contribution >= 4 is 7.55 Å². The lowest BCUT2D eigenvalue weighted by molar-refractivity contribution is 0.364. The van der Waals surface area contributed by atoms with Crippen LogP contribution in [-0.2, 0) is 0 Å². The van der Waals surface area contributed by atoms with E-state index in [0.29, 0.717) is 0 Å². The SMILES string of the molecule is CN1BN(C)CCC1. The van der Waals surface area contributed by atoms with Gasteiger partial charge in [-0.15, -0.1) is 0 Å². The first-order valence-corrected chi connectivity index (χ1v) is 3.16. The highest BCUT2D eigenvalue weighted by Gasteiger charge is 2.10. The Bertz CT molecular complexity index is 68.8. The number of hydrogen-bond acceptors (Lipinski definition) is 2. The fourth-order valence-corrected chi connectivity index (χ4v) is 1.16. The molecule has 0 bridgehead atoms. The summed E-state index contributed by atoms with van der Waals surface area (Å²) in [5, 5.41) is 0. The molecule has 1 heterocycles. The topological polar surface area (TPSA) is 6.48 Å². The Balaban J connectivity index is 2.23. The van der Waals surface area contributed by atoms with Crippen molar-refractivity contribution in [2.45, 2.75) is 6.42 Å². The lowest BCUT2D eigenvalue weighted by atomic mass is 10.0. The van der Waals surface area contributed by atoms with Crippen LogP contribution in [0.3, 0.4) is 0 Å². The predicted octanol–water partition coefficient (Wildman–Crippen LogP) is -0.480. The van der Waals surface area contributed by atoms with Crippen molar-refractivity contribution < 1.29 is 0 Å². The van der Waals surface area contributed by atoms with Crippen molar-refractivity contribution in [2.24, 2.45) is 0 Å². The van der Waals surface area contributed by atoms with Gasteiger partial charge in [0.2, 0.25) is 0 Å². The number of rotatable bonds is 0. The third-order valence-corrected chi connectivity index (χ3v) is 1.56. The van der Waals surface area contributed by atoms with Crippen molar-refractivity contribution in [2.75, 3.05) is 27.2 Å². The molecule has 0 aliphatic carbocycles. The molecule has 2 nitrogen and oxygen atoms in total. The minimum atomic E-state index is 1.14. The fourth-order valence-electron chi connectivity index (χ4n) is 1.16. The lowest BCUT2D eigenvalue weighted by Gasteiger charge is -2.28. The molecule has 1 fully saturated rings. The predicted molar refractivity (Wildman–Crippen MR) is 37.0 cm³/mol. The molecule has 0 amide bonds. The number of hydrogen-bond donors (Lipinski definition) is 0. The van der Waals surface area contributed by atoms with E-state index in [9.17, 15) is 0 Å². The summed E-state index contributed by atoms with van der Waals surface area (Å²) in [6.07, 6.45) is 1.33. The molecule has 1 aliphatic heterocycles. The third-order valence-electron chi connectivity index (χ3n) is 1.56. The van der Waals surface area contributed by atoms with E-state index in [1.54, 1.807) is 0 Å². The molecule has 8 heavy (non-hydrogen) atoms. The summed E-state index contributed by atoms with van der Waals surface area (Å²) < 4.78 is 0.